The maximum Gasteiger partial charge on any atom is 0.272 e. The summed E-state index contributed by atoms with van der Waals surface area (Å²) in [4.78, 5) is 26.0. The third-order valence-electron chi connectivity index (χ3n) is 4.52. The summed E-state index contributed by atoms with van der Waals surface area (Å²) in [5, 5.41) is 6.61. The van der Waals surface area contributed by atoms with Crippen LogP contribution in [0, 0.1) is 0 Å². The van der Waals surface area contributed by atoms with Crippen LogP contribution in [0.1, 0.15) is 21.7 Å². The molecule has 0 unspecified atom stereocenters. The van der Waals surface area contributed by atoms with Crippen LogP contribution in [0.4, 0.5) is 5.82 Å². The number of anilines is 1. The normalized spacial score (nSPS) is 13.4. The minimum atomic E-state index is -0.0561. The van der Waals surface area contributed by atoms with Crippen LogP contribution >= 0.6 is 0 Å². The molecule has 1 aliphatic rings. The number of rotatable bonds is 3. The second-order valence-electron chi connectivity index (χ2n) is 6.50. The van der Waals surface area contributed by atoms with E-state index in [2.05, 4.69) is 10.2 Å². The fourth-order valence-corrected chi connectivity index (χ4v) is 3.22. The third kappa shape index (κ3) is 2.92. The van der Waals surface area contributed by atoms with Crippen molar-refractivity contribution in [2.45, 2.75) is 13.0 Å². The number of carbonyl (C=O) groups excluding carboxylic acids is 1. The van der Waals surface area contributed by atoms with Crippen LogP contribution in [-0.2, 0) is 13.0 Å². The summed E-state index contributed by atoms with van der Waals surface area (Å²) in [7, 11) is 3.97. The molecule has 0 radical (unpaired) electrons. The monoisotopic (exact) mass is 348 g/mol. The highest BCUT2D eigenvalue weighted by Crippen LogP contribution is 2.28. The summed E-state index contributed by atoms with van der Waals surface area (Å²) < 4.78 is 0. The molecule has 0 aliphatic carbocycles. The van der Waals surface area contributed by atoms with Gasteiger partial charge in [-0.25, -0.2) is 9.97 Å². The van der Waals surface area contributed by atoms with Gasteiger partial charge in [-0.05, 0) is 12.5 Å². The lowest BCUT2D eigenvalue weighted by atomic mass is 10.0. The predicted molar refractivity (Wildman–Crippen MR) is 98.8 cm³/mol. The average molecular weight is 348 g/mol. The number of aromatic nitrogens is 4. The van der Waals surface area contributed by atoms with Crippen molar-refractivity contribution in [3.8, 4) is 11.4 Å². The van der Waals surface area contributed by atoms with Gasteiger partial charge in [0.1, 0.15) is 11.5 Å². The average Bonchev–Trinajstić information content (AvgIpc) is 3.21. The lowest BCUT2D eigenvalue weighted by Crippen LogP contribution is -2.37. The molecule has 0 saturated heterocycles. The fourth-order valence-electron chi connectivity index (χ4n) is 3.22. The molecule has 26 heavy (non-hydrogen) atoms. The number of amides is 1. The van der Waals surface area contributed by atoms with E-state index < -0.39 is 0 Å². The zero-order valence-electron chi connectivity index (χ0n) is 14.8. The molecule has 2 aromatic heterocycles. The number of hydrogen-bond donors (Lipinski definition) is 1. The highest BCUT2D eigenvalue weighted by Gasteiger charge is 2.27. The molecule has 7 nitrogen and oxygen atoms in total. The fraction of sp³-hybridized carbons (Fsp3) is 0.263. The van der Waals surface area contributed by atoms with Crippen molar-refractivity contribution in [1.82, 2.24) is 25.1 Å². The number of benzene rings is 1. The van der Waals surface area contributed by atoms with Gasteiger partial charge in [-0.15, -0.1) is 0 Å². The van der Waals surface area contributed by atoms with Gasteiger partial charge in [0.15, 0.2) is 5.82 Å². The van der Waals surface area contributed by atoms with E-state index in [1.165, 1.54) is 0 Å². The smallest absolute Gasteiger partial charge is 0.272 e. The molecule has 132 valence electrons. The van der Waals surface area contributed by atoms with Crippen LogP contribution in [0.25, 0.3) is 11.4 Å². The number of H-pyrrole nitrogens is 1. The molecular weight excluding hydrogens is 328 g/mol. The number of fused-ring (bicyclic) bond motifs is 1. The SMILES string of the molecule is CN(C)c1nc(-c2ccccc2)nc2c1CCN(C(=O)c1ccn[nH]1)C2. The maximum absolute atomic E-state index is 12.6. The van der Waals surface area contributed by atoms with Gasteiger partial charge >= 0.3 is 0 Å². The van der Waals surface area contributed by atoms with E-state index in [0.717, 1.165) is 29.1 Å². The summed E-state index contributed by atoms with van der Waals surface area (Å²) in [6, 6.07) is 11.6. The molecule has 0 bridgehead atoms. The number of hydrogen-bond acceptors (Lipinski definition) is 5. The Morgan fingerprint density at radius 2 is 1.96 bits per heavy atom. The van der Waals surface area contributed by atoms with Crippen molar-refractivity contribution in [1.29, 1.82) is 0 Å². The zero-order valence-corrected chi connectivity index (χ0v) is 14.8. The molecule has 1 amide bonds. The van der Waals surface area contributed by atoms with Gasteiger partial charge in [0, 0.05) is 38.0 Å². The van der Waals surface area contributed by atoms with Gasteiger partial charge in [0.2, 0.25) is 0 Å². The Morgan fingerprint density at radius 1 is 1.15 bits per heavy atom. The Balaban J connectivity index is 1.73. The van der Waals surface area contributed by atoms with Crippen LogP contribution in [0.15, 0.2) is 42.6 Å². The summed E-state index contributed by atoms with van der Waals surface area (Å²) in [5.41, 5.74) is 3.49. The van der Waals surface area contributed by atoms with E-state index >= 15 is 0 Å². The molecule has 0 spiro atoms. The number of nitrogens with one attached hydrogen (secondary N) is 1. The molecule has 0 atom stereocenters. The number of aromatic amines is 1. The Morgan fingerprint density at radius 3 is 2.65 bits per heavy atom. The summed E-state index contributed by atoms with van der Waals surface area (Å²) in [6.07, 6.45) is 2.32. The number of carbonyl (C=O) groups is 1. The Hall–Kier alpha value is -3.22. The van der Waals surface area contributed by atoms with Gasteiger partial charge in [-0.3, -0.25) is 9.89 Å². The van der Waals surface area contributed by atoms with Crippen LogP contribution in [-0.4, -0.2) is 51.6 Å². The molecule has 1 aliphatic heterocycles. The molecule has 4 rings (SSSR count). The maximum atomic E-state index is 12.6. The predicted octanol–water partition coefficient (Wildman–Crippen LogP) is 2.13. The van der Waals surface area contributed by atoms with Crippen molar-refractivity contribution in [2.24, 2.45) is 0 Å². The zero-order chi connectivity index (χ0) is 18.1. The Kier molecular flexibility index (Phi) is 4.12. The summed E-state index contributed by atoms with van der Waals surface area (Å²) >= 11 is 0. The van der Waals surface area contributed by atoms with Gasteiger partial charge < -0.3 is 9.80 Å². The van der Waals surface area contributed by atoms with Gasteiger partial charge in [-0.2, -0.15) is 5.10 Å². The molecule has 1 N–H and O–H groups in total. The van der Waals surface area contributed by atoms with Gasteiger partial charge in [0.25, 0.3) is 5.91 Å². The Labute approximate surface area is 151 Å². The third-order valence-corrected chi connectivity index (χ3v) is 4.52. The van der Waals surface area contributed by atoms with E-state index in [9.17, 15) is 4.79 Å². The van der Waals surface area contributed by atoms with Crippen molar-refractivity contribution in [2.75, 3.05) is 25.5 Å². The molecule has 0 fully saturated rings. The second kappa shape index (κ2) is 6.59. The minimum absolute atomic E-state index is 0.0561. The first-order valence-corrected chi connectivity index (χ1v) is 8.54. The van der Waals surface area contributed by atoms with E-state index in [4.69, 9.17) is 9.97 Å². The minimum Gasteiger partial charge on any atom is -0.362 e. The lowest BCUT2D eigenvalue weighted by molar-refractivity contribution is 0.0726. The van der Waals surface area contributed by atoms with E-state index in [0.29, 0.717) is 24.6 Å². The van der Waals surface area contributed by atoms with Crippen molar-refractivity contribution >= 4 is 11.7 Å². The Bertz CT molecular complexity index is 921. The molecular formula is C19H20N6O. The van der Waals surface area contributed by atoms with Crippen LogP contribution in [0.2, 0.25) is 0 Å². The van der Waals surface area contributed by atoms with Crippen molar-refractivity contribution in [3.05, 3.63) is 59.5 Å². The van der Waals surface area contributed by atoms with E-state index in [1.807, 2.05) is 49.3 Å². The lowest BCUT2D eigenvalue weighted by Gasteiger charge is -2.30. The van der Waals surface area contributed by atoms with Crippen molar-refractivity contribution < 1.29 is 4.79 Å². The van der Waals surface area contributed by atoms with E-state index in [-0.39, 0.29) is 5.91 Å². The first-order chi connectivity index (χ1) is 12.6. The van der Waals surface area contributed by atoms with Gasteiger partial charge in [-0.1, -0.05) is 30.3 Å². The second-order valence-corrected chi connectivity index (χ2v) is 6.50. The molecule has 3 aromatic rings. The molecule has 0 saturated carbocycles. The molecule has 1 aromatic carbocycles. The molecule has 7 heteroatoms. The topological polar surface area (TPSA) is 78.0 Å². The number of nitrogens with zero attached hydrogens (tertiary/aromatic N) is 5. The summed E-state index contributed by atoms with van der Waals surface area (Å²) in [5.74, 6) is 1.55. The van der Waals surface area contributed by atoms with Crippen LogP contribution in [0.3, 0.4) is 0 Å². The first-order valence-electron chi connectivity index (χ1n) is 8.54. The highest BCUT2D eigenvalue weighted by molar-refractivity contribution is 5.92. The molecule has 3 heterocycles. The van der Waals surface area contributed by atoms with Crippen LogP contribution < -0.4 is 4.90 Å². The largest absolute Gasteiger partial charge is 0.362 e. The highest BCUT2D eigenvalue weighted by atomic mass is 16.2. The quantitative estimate of drug-likeness (QED) is 0.784. The van der Waals surface area contributed by atoms with Crippen LogP contribution in [0.5, 0.6) is 0 Å². The first kappa shape index (κ1) is 16.3. The van der Waals surface area contributed by atoms with Gasteiger partial charge in [0.05, 0.1) is 12.2 Å². The summed E-state index contributed by atoms with van der Waals surface area (Å²) in [6.45, 7) is 1.11. The van der Waals surface area contributed by atoms with Crippen molar-refractivity contribution in [3.63, 3.8) is 0 Å². The standard InChI is InChI=1S/C19H20N6O/c1-24(2)18-14-9-11-25(19(26)15-8-10-20-23-15)12-16(14)21-17(22-18)13-6-4-3-5-7-13/h3-8,10H,9,11-12H2,1-2H3,(H,20,23). The van der Waals surface area contributed by atoms with E-state index in [1.54, 1.807) is 17.2 Å².